The van der Waals surface area contributed by atoms with Crippen molar-refractivity contribution in [3.8, 4) is 40.2 Å². The Kier molecular flexibility index (Phi) is 11.2. The van der Waals surface area contributed by atoms with Crippen LogP contribution in [0.4, 0.5) is 0 Å². The van der Waals surface area contributed by atoms with Gasteiger partial charge in [0.15, 0.2) is 34.5 Å². The first-order valence-electron chi connectivity index (χ1n) is 15.9. The zero-order valence-electron chi connectivity index (χ0n) is 27.7. The van der Waals surface area contributed by atoms with Crippen LogP contribution in [0.1, 0.15) is 49.3 Å². The van der Waals surface area contributed by atoms with Crippen LogP contribution in [0.2, 0.25) is 0 Å². The van der Waals surface area contributed by atoms with Crippen LogP contribution in [-0.4, -0.2) is 77.6 Å². The van der Waals surface area contributed by atoms with Crippen LogP contribution < -0.4 is 38.5 Å². The molecule has 1 aliphatic carbocycles. The maximum Gasteiger partial charge on any atom is 0.268 e. The molecule has 0 spiro atoms. The van der Waals surface area contributed by atoms with Crippen LogP contribution in [-0.2, 0) is 16.0 Å². The van der Waals surface area contributed by atoms with Gasteiger partial charge < -0.3 is 43.4 Å². The molecule has 1 heterocycles. The summed E-state index contributed by atoms with van der Waals surface area (Å²) in [6.07, 6.45) is 4.39. The van der Waals surface area contributed by atoms with Crippen molar-refractivity contribution >= 4 is 11.8 Å². The zero-order chi connectivity index (χ0) is 33.3. The molecule has 0 bridgehead atoms. The summed E-state index contributed by atoms with van der Waals surface area (Å²) in [4.78, 5) is 30.6. The molecule has 0 aromatic heterocycles. The number of para-hydroxylation sites is 2. The molecule has 1 saturated carbocycles. The maximum atomic E-state index is 14.6. The molecule has 47 heavy (non-hydrogen) atoms. The van der Waals surface area contributed by atoms with E-state index in [2.05, 4.69) is 5.32 Å². The molecule has 3 aromatic rings. The van der Waals surface area contributed by atoms with E-state index >= 15 is 0 Å². The molecule has 5 rings (SSSR count). The van der Waals surface area contributed by atoms with Gasteiger partial charge in [0.2, 0.25) is 17.8 Å². The Morgan fingerprint density at radius 1 is 0.809 bits per heavy atom. The number of methoxy groups -OCH3 is 5. The maximum absolute atomic E-state index is 14.6. The van der Waals surface area contributed by atoms with Crippen molar-refractivity contribution in [1.82, 2.24) is 10.2 Å². The number of amides is 2. The Morgan fingerprint density at radius 2 is 1.47 bits per heavy atom. The Hall–Kier alpha value is -4.80. The number of nitrogens with zero attached hydrogens (tertiary/aromatic N) is 1. The second-order valence-corrected chi connectivity index (χ2v) is 11.5. The number of nitrogens with one attached hydrogen (secondary N) is 1. The fraction of sp³-hybridized carbons (Fsp3) is 0.444. The van der Waals surface area contributed by atoms with E-state index in [4.69, 9.17) is 33.2 Å². The molecule has 2 amide bonds. The van der Waals surface area contributed by atoms with E-state index in [-0.39, 0.29) is 25.1 Å². The van der Waals surface area contributed by atoms with Gasteiger partial charge in [-0.15, -0.1) is 0 Å². The van der Waals surface area contributed by atoms with E-state index in [9.17, 15) is 9.59 Å². The lowest BCUT2D eigenvalue weighted by molar-refractivity contribution is -0.148. The number of carbonyl (C=O) groups excluding carboxylic acids is 2. The largest absolute Gasteiger partial charge is 0.493 e. The summed E-state index contributed by atoms with van der Waals surface area (Å²) in [7, 11) is 7.71. The molecule has 2 aliphatic rings. The normalized spacial score (nSPS) is 16.4. The number of benzene rings is 3. The van der Waals surface area contributed by atoms with Gasteiger partial charge in [-0.3, -0.25) is 9.59 Å². The van der Waals surface area contributed by atoms with Gasteiger partial charge in [0.25, 0.3) is 5.91 Å². The van der Waals surface area contributed by atoms with Gasteiger partial charge >= 0.3 is 0 Å². The molecule has 0 saturated heterocycles. The Balaban J connectivity index is 1.57. The highest BCUT2D eigenvalue weighted by Crippen LogP contribution is 2.41. The highest BCUT2D eigenvalue weighted by molar-refractivity contribution is 5.91. The lowest BCUT2D eigenvalue weighted by Gasteiger charge is -2.36. The van der Waals surface area contributed by atoms with Crippen LogP contribution in [0, 0.1) is 0 Å². The third-order valence-corrected chi connectivity index (χ3v) is 8.67. The minimum absolute atomic E-state index is 0.00438. The first-order chi connectivity index (χ1) is 22.9. The van der Waals surface area contributed by atoms with Gasteiger partial charge in [0, 0.05) is 12.6 Å². The third kappa shape index (κ3) is 7.61. The van der Waals surface area contributed by atoms with Crippen molar-refractivity contribution in [2.75, 3.05) is 48.7 Å². The first-order valence-corrected chi connectivity index (χ1v) is 15.9. The summed E-state index contributed by atoms with van der Waals surface area (Å²) in [5, 5.41) is 3.25. The Bertz CT molecular complexity index is 1510. The van der Waals surface area contributed by atoms with Crippen molar-refractivity contribution in [2.24, 2.45) is 0 Å². The monoisotopic (exact) mass is 648 g/mol. The van der Waals surface area contributed by atoms with E-state index in [1.807, 2.05) is 30.3 Å². The van der Waals surface area contributed by atoms with Crippen LogP contribution in [0.15, 0.2) is 54.6 Å². The number of hydrogen-bond acceptors (Lipinski definition) is 9. The van der Waals surface area contributed by atoms with E-state index in [1.165, 1.54) is 21.3 Å². The number of rotatable bonds is 13. The van der Waals surface area contributed by atoms with Gasteiger partial charge in [0.1, 0.15) is 12.6 Å². The van der Waals surface area contributed by atoms with Gasteiger partial charge in [0.05, 0.1) is 35.5 Å². The van der Waals surface area contributed by atoms with E-state index in [1.54, 1.807) is 43.4 Å². The third-order valence-electron chi connectivity index (χ3n) is 8.67. The summed E-state index contributed by atoms with van der Waals surface area (Å²) >= 11 is 0. The highest BCUT2D eigenvalue weighted by Gasteiger charge is 2.39. The summed E-state index contributed by atoms with van der Waals surface area (Å²) in [6, 6.07) is 15.2. The molecule has 11 heteroatoms. The van der Waals surface area contributed by atoms with Gasteiger partial charge in [-0.2, -0.15) is 0 Å². The molecule has 1 aliphatic heterocycles. The topological polar surface area (TPSA) is 114 Å². The number of fused-ring (bicyclic) bond motifs is 1. The molecule has 11 nitrogen and oxygen atoms in total. The molecule has 1 N–H and O–H groups in total. The summed E-state index contributed by atoms with van der Waals surface area (Å²) < 4.78 is 40.0. The second kappa shape index (κ2) is 15.7. The predicted octanol–water partition coefficient (Wildman–Crippen LogP) is 5.13. The number of hydrogen-bond donors (Lipinski definition) is 1. The fourth-order valence-electron chi connectivity index (χ4n) is 6.24. The van der Waals surface area contributed by atoms with Gasteiger partial charge in [-0.05, 0) is 66.8 Å². The average Bonchev–Trinajstić information content (AvgIpc) is 3.12. The average molecular weight is 649 g/mol. The summed E-state index contributed by atoms with van der Waals surface area (Å²) in [5.41, 5.74) is 1.40. The minimum atomic E-state index is -1.06. The number of carbonyl (C=O) groups is 2. The summed E-state index contributed by atoms with van der Waals surface area (Å²) in [6.45, 7) is 0.171. The molecular weight excluding hydrogens is 604 g/mol. The minimum Gasteiger partial charge on any atom is -0.493 e. The van der Waals surface area contributed by atoms with Crippen LogP contribution >= 0.6 is 0 Å². The lowest BCUT2D eigenvalue weighted by atomic mass is 9.94. The van der Waals surface area contributed by atoms with E-state index < -0.39 is 18.1 Å². The van der Waals surface area contributed by atoms with Crippen molar-refractivity contribution < 1.29 is 42.7 Å². The first kappa shape index (κ1) is 33.6. The molecule has 1 fully saturated rings. The molecule has 2 atom stereocenters. The zero-order valence-corrected chi connectivity index (χ0v) is 27.7. The van der Waals surface area contributed by atoms with Crippen molar-refractivity contribution in [3.63, 3.8) is 0 Å². The van der Waals surface area contributed by atoms with E-state index in [0.717, 1.165) is 37.7 Å². The fourth-order valence-corrected chi connectivity index (χ4v) is 6.24. The smallest absolute Gasteiger partial charge is 0.268 e. The van der Waals surface area contributed by atoms with Crippen LogP contribution in [0.25, 0.3) is 0 Å². The molecule has 3 aromatic carbocycles. The van der Waals surface area contributed by atoms with Crippen molar-refractivity contribution in [2.45, 2.75) is 56.7 Å². The number of ether oxygens (including phenoxy) is 7. The predicted molar refractivity (Wildman–Crippen MR) is 175 cm³/mol. The van der Waals surface area contributed by atoms with Crippen LogP contribution in [0.5, 0.6) is 40.2 Å². The van der Waals surface area contributed by atoms with Crippen molar-refractivity contribution in [1.29, 1.82) is 0 Å². The molecule has 0 radical (unpaired) electrons. The highest BCUT2D eigenvalue weighted by atomic mass is 16.6. The molecular formula is C36H44N2O9. The van der Waals surface area contributed by atoms with Crippen LogP contribution in [0.3, 0.4) is 0 Å². The Labute approximate surface area is 276 Å². The molecule has 0 unspecified atom stereocenters. The SMILES string of the molecule is COc1ccc(CCN(C(=O)[C@H]2COc3ccccc3O2)[C@@H](C(=O)NC2CCCCC2)c2cc(OC)c(OC)c(OC)c2)cc1OC. The Morgan fingerprint density at radius 3 is 2.11 bits per heavy atom. The standard InChI is InChI=1S/C36H44N2O9/c1-41-26-16-15-23(19-29(26)42-2)17-18-38(36(40)32-22-46-27-13-9-10-14-28(27)47-32)33(35(39)37-25-11-7-6-8-12-25)24-20-30(43-3)34(45-5)31(21-24)44-4/h9-10,13-16,19-21,25,32-33H,6-8,11-12,17-18,22H2,1-5H3,(H,37,39)/t32-,33-/m1/s1. The second-order valence-electron chi connectivity index (χ2n) is 11.5. The lowest BCUT2D eigenvalue weighted by Crippen LogP contribution is -2.53. The quantitative estimate of drug-likeness (QED) is 0.270. The van der Waals surface area contributed by atoms with Gasteiger partial charge in [-0.25, -0.2) is 0 Å². The van der Waals surface area contributed by atoms with Gasteiger partial charge in [-0.1, -0.05) is 37.5 Å². The van der Waals surface area contributed by atoms with Crippen molar-refractivity contribution in [3.05, 3.63) is 65.7 Å². The molecule has 252 valence electrons. The van der Waals surface area contributed by atoms with E-state index in [0.29, 0.717) is 52.2 Å². The summed E-state index contributed by atoms with van der Waals surface area (Å²) in [5.74, 6) is 2.62.